The molecule has 1 heterocycles. The Bertz CT molecular complexity index is 832. The van der Waals surface area contributed by atoms with Crippen molar-refractivity contribution in [3.8, 4) is 0 Å². The fourth-order valence-corrected chi connectivity index (χ4v) is 2.24. The van der Waals surface area contributed by atoms with E-state index in [1.807, 2.05) is 24.3 Å². The van der Waals surface area contributed by atoms with Gasteiger partial charge in [0.15, 0.2) is 0 Å². The van der Waals surface area contributed by atoms with Crippen molar-refractivity contribution in [1.29, 1.82) is 0 Å². The molecule has 2 N–H and O–H groups in total. The number of anilines is 1. The minimum Gasteiger partial charge on any atom is -0.368 e. The summed E-state index contributed by atoms with van der Waals surface area (Å²) in [6, 6.07) is 13.6. The smallest absolute Gasteiger partial charge is 0.254 e. The van der Waals surface area contributed by atoms with Crippen LogP contribution in [0.2, 0.25) is 0 Å². The van der Waals surface area contributed by atoms with Crippen molar-refractivity contribution in [2.24, 2.45) is 0 Å². The van der Waals surface area contributed by atoms with E-state index in [9.17, 15) is 9.18 Å². The predicted octanol–water partition coefficient (Wildman–Crippen LogP) is 2.61. The number of hydrogen-bond acceptors (Lipinski definition) is 4. The number of amides is 1. The summed E-state index contributed by atoms with van der Waals surface area (Å²) in [5, 5.41) is 6.74. The van der Waals surface area contributed by atoms with Crippen LogP contribution < -0.4 is 10.6 Å². The van der Waals surface area contributed by atoms with Gasteiger partial charge < -0.3 is 10.6 Å². The first-order chi connectivity index (χ1) is 11.3. The van der Waals surface area contributed by atoms with E-state index in [2.05, 4.69) is 20.6 Å². The second kappa shape index (κ2) is 6.83. The van der Waals surface area contributed by atoms with E-state index in [1.165, 1.54) is 18.5 Å². The van der Waals surface area contributed by atoms with Crippen LogP contribution >= 0.6 is 0 Å². The van der Waals surface area contributed by atoms with Crippen molar-refractivity contribution >= 4 is 22.6 Å². The topological polar surface area (TPSA) is 66.9 Å². The molecule has 0 radical (unpaired) electrons. The van der Waals surface area contributed by atoms with Crippen LogP contribution in [-0.2, 0) is 0 Å². The molecule has 3 aromatic rings. The van der Waals surface area contributed by atoms with Crippen LogP contribution in [0.5, 0.6) is 0 Å². The summed E-state index contributed by atoms with van der Waals surface area (Å²) in [6.07, 6.45) is 1.49. The zero-order valence-electron chi connectivity index (χ0n) is 12.3. The van der Waals surface area contributed by atoms with Gasteiger partial charge >= 0.3 is 0 Å². The molecule has 0 aliphatic rings. The fraction of sp³-hybridized carbons (Fsp3) is 0.118. The number of hydrogen-bond donors (Lipinski definition) is 2. The van der Waals surface area contributed by atoms with Gasteiger partial charge in [-0.05, 0) is 24.3 Å². The molecule has 0 aliphatic heterocycles. The second-order valence-electron chi connectivity index (χ2n) is 4.90. The van der Waals surface area contributed by atoms with Gasteiger partial charge in [-0.1, -0.05) is 24.3 Å². The van der Waals surface area contributed by atoms with Gasteiger partial charge in [0.25, 0.3) is 5.91 Å². The lowest BCUT2D eigenvalue weighted by Crippen LogP contribution is -2.29. The van der Waals surface area contributed by atoms with Gasteiger partial charge in [0.05, 0.1) is 11.1 Å². The Kier molecular flexibility index (Phi) is 4.42. The SMILES string of the molecule is O=C(NCCNc1ncnc2ccccc12)c1ccccc1F. The Labute approximate surface area is 132 Å². The molecule has 0 saturated carbocycles. The van der Waals surface area contributed by atoms with Crippen molar-refractivity contribution < 1.29 is 9.18 Å². The monoisotopic (exact) mass is 310 g/mol. The number of carbonyl (C=O) groups excluding carboxylic acids is 1. The molecule has 6 heteroatoms. The summed E-state index contributed by atoms with van der Waals surface area (Å²) in [6.45, 7) is 0.826. The number of rotatable bonds is 5. The van der Waals surface area contributed by atoms with Crippen molar-refractivity contribution in [1.82, 2.24) is 15.3 Å². The highest BCUT2D eigenvalue weighted by molar-refractivity contribution is 5.94. The average molecular weight is 310 g/mol. The van der Waals surface area contributed by atoms with Gasteiger partial charge in [0, 0.05) is 18.5 Å². The third kappa shape index (κ3) is 3.42. The minimum atomic E-state index is -0.528. The average Bonchev–Trinajstić information content (AvgIpc) is 2.59. The number of carbonyl (C=O) groups is 1. The Hall–Kier alpha value is -3.02. The van der Waals surface area contributed by atoms with Gasteiger partial charge in [0.1, 0.15) is 18.0 Å². The van der Waals surface area contributed by atoms with E-state index < -0.39 is 11.7 Å². The van der Waals surface area contributed by atoms with Gasteiger partial charge in [0.2, 0.25) is 0 Å². The highest BCUT2D eigenvalue weighted by atomic mass is 19.1. The van der Waals surface area contributed by atoms with E-state index in [-0.39, 0.29) is 5.56 Å². The summed E-state index contributed by atoms with van der Waals surface area (Å²) in [5.74, 6) is -0.257. The molecule has 116 valence electrons. The maximum atomic E-state index is 13.5. The van der Waals surface area contributed by atoms with Crippen LogP contribution in [-0.4, -0.2) is 29.0 Å². The van der Waals surface area contributed by atoms with Crippen LogP contribution in [0.15, 0.2) is 54.9 Å². The molecular weight excluding hydrogens is 295 g/mol. The van der Waals surface area contributed by atoms with Crippen molar-refractivity contribution in [3.05, 3.63) is 66.2 Å². The largest absolute Gasteiger partial charge is 0.368 e. The molecule has 1 amide bonds. The van der Waals surface area contributed by atoms with Crippen LogP contribution in [0, 0.1) is 5.82 Å². The molecule has 0 bridgehead atoms. The van der Waals surface area contributed by atoms with Crippen LogP contribution in [0.1, 0.15) is 10.4 Å². The van der Waals surface area contributed by atoms with Gasteiger partial charge in [-0.2, -0.15) is 0 Å². The molecule has 3 rings (SSSR count). The Morgan fingerprint density at radius 2 is 1.78 bits per heavy atom. The molecule has 5 nitrogen and oxygen atoms in total. The van der Waals surface area contributed by atoms with Gasteiger partial charge in [-0.25, -0.2) is 14.4 Å². The second-order valence-corrected chi connectivity index (χ2v) is 4.90. The first kappa shape index (κ1) is 14.9. The molecule has 2 aromatic carbocycles. The normalized spacial score (nSPS) is 10.5. The molecule has 0 aliphatic carbocycles. The number of halogens is 1. The van der Waals surface area contributed by atoms with E-state index in [0.717, 1.165) is 10.9 Å². The molecule has 23 heavy (non-hydrogen) atoms. The summed E-state index contributed by atoms with van der Waals surface area (Å²) >= 11 is 0. The van der Waals surface area contributed by atoms with E-state index in [0.29, 0.717) is 18.9 Å². The zero-order chi connectivity index (χ0) is 16.1. The zero-order valence-corrected chi connectivity index (χ0v) is 12.3. The Morgan fingerprint density at radius 3 is 2.65 bits per heavy atom. The molecule has 0 unspecified atom stereocenters. The highest BCUT2D eigenvalue weighted by Crippen LogP contribution is 2.17. The summed E-state index contributed by atoms with van der Waals surface area (Å²) < 4.78 is 13.5. The lowest BCUT2D eigenvalue weighted by Gasteiger charge is -2.09. The third-order valence-corrected chi connectivity index (χ3v) is 3.36. The molecule has 1 aromatic heterocycles. The quantitative estimate of drug-likeness (QED) is 0.711. The first-order valence-electron chi connectivity index (χ1n) is 7.22. The summed E-state index contributed by atoms with van der Waals surface area (Å²) in [4.78, 5) is 20.3. The van der Waals surface area contributed by atoms with Crippen LogP contribution in [0.3, 0.4) is 0 Å². The third-order valence-electron chi connectivity index (χ3n) is 3.36. The number of para-hydroxylation sites is 1. The standard InChI is InChI=1S/C17H15FN4O/c18-14-7-3-1-5-12(14)17(23)20-10-9-19-16-13-6-2-4-8-15(13)21-11-22-16/h1-8,11H,9-10H2,(H,20,23)(H,19,21,22). The number of fused-ring (bicyclic) bond motifs is 1. The Morgan fingerprint density at radius 1 is 1.00 bits per heavy atom. The Balaban J connectivity index is 1.57. The predicted molar refractivity (Wildman–Crippen MR) is 86.8 cm³/mol. The maximum absolute atomic E-state index is 13.5. The molecular formula is C17H15FN4O. The molecule has 0 spiro atoms. The van der Waals surface area contributed by atoms with Crippen molar-refractivity contribution in [2.75, 3.05) is 18.4 Å². The van der Waals surface area contributed by atoms with Crippen LogP contribution in [0.25, 0.3) is 10.9 Å². The lowest BCUT2D eigenvalue weighted by molar-refractivity contribution is 0.0951. The van der Waals surface area contributed by atoms with Crippen LogP contribution in [0.4, 0.5) is 10.2 Å². The highest BCUT2D eigenvalue weighted by Gasteiger charge is 2.09. The van der Waals surface area contributed by atoms with Crippen molar-refractivity contribution in [2.45, 2.75) is 0 Å². The first-order valence-corrected chi connectivity index (χ1v) is 7.22. The molecule has 0 atom stereocenters. The van der Waals surface area contributed by atoms with Gasteiger partial charge in [-0.15, -0.1) is 0 Å². The van der Waals surface area contributed by atoms with E-state index in [1.54, 1.807) is 12.1 Å². The number of nitrogens with zero attached hydrogens (tertiary/aromatic N) is 2. The van der Waals surface area contributed by atoms with E-state index >= 15 is 0 Å². The lowest BCUT2D eigenvalue weighted by atomic mass is 10.2. The fourth-order valence-electron chi connectivity index (χ4n) is 2.24. The maximum Gasteiger partial charge on any atom is 0.254 e. The van der Waals surface area contributed by atoms with E-state index in [4.69, 9.17) is 0 Å². The van der Waals surface area contributed by atoms with Crippen molar-refractivity contribution in [3.63, 3.8) is 0 Å². The number of nitrogens with one attached hydrogen (secondary N) is 2. The minimum absolute atomic E-state index is 0.0417. The summed E-state index contributed by atoms with van der Waals surface area (Å²) in [5.41, 5.74) is 0.889. The molecule has 0 saturated heterocycles. The number of aromatic nitrogens is 2. The molecule has 0 fully saturated rings. The van der Waals surface area contributed by atoms with Gasteiger partial charge in [-0.3, -0.25) is 4.79 Å². The number of benzene rings is 2. The summed E-state index contributed by atoms with van der Waals surface area (Å²) in [7, 11) is 0.